The Kier molecular flexibility index (Phi) is 5.88. The summed E-state index contributed by atoms with van der Waals surface area (Å²) in [6.45, 7) is 0. The summed E-state index contributed by atoms with van der Waals surface area (Å²) in [5.74, 6) is 0.499. The zero-order valence-electron chi connectivity index (χ0n) is 24.1. The second-order valence-corrected chi connectivity index (χ2v) is 12.6. The summed E-state index contributed by atoms with van der Waals surface area (Å²) in [6, 6.07) is 36.9. The molecule has 4 aromatic heterocycles. The molecule has 6 aromatic carbocycles. The molecule has 47 heavy (non-hydrogen) atoms. The van der Waals surface area contributed by atoms with Gasteiger partial charge >= 0.3 is 0 Å². The van der Waals surface area contributed by atoms with Gasteiger partial charge in [-0.2, -0.15) is 26.2 Å². The SMILES string of the molecule is c1ccc2cc(-c3ccc(N(c4cccc5nsnc45)c4ccc(-c5nc6ccccc6o5)c5nsnc45)c4nsnc34)ccc2c1. The minimum atomic E-state index is 0.499. The van der Waals surface area contributed by atoms with E-state index >= 15 is 0 Å². The highest BCUT2D eigenvalue weighted by molar-refractivity contribution is 7.00. The molecule has 0 aliphatic rings. The fraction of sp³-hybridized carbons (Fsp3) is 0. The van der Waals surface area contributed by atoms with Crippen LogP contribution in [0.1, 0.15) is 0 Å². The molecule has 0 radical (unpaired) electrons. The van der Waals surface area contributed by atoms with E-state index in [-0.39, 0.29) is 0 Å². The number of rotatable bonds is 5. The average molecular weight is 663 g/mol. The number of benzene rings is 6. The van der Waals surface area contributed by atoms with Crippen molar-refractivity contribution in [1.82, 2.24) is 31.2 Å². The van der Waals surface area contributed by atoms with Crippen LogP contribution in [-0.4, -0.2) is 31.2 Å². The van der Waals surface area contributed by atoms with Crippen molar-refractivity contribution >= 4 is 107 Å². The maximum Gasteiger partial charge on any atom is 0.229 e. The molecule has 0 saturated carbocycles. The van der Waals surface area contributed by atoms with Gasteiger partial charge in [0, 0.05) is 5.56 Å². The maximum absolute atomic E-state index is 6.16. The lowest BCUT2D eigenvalue weighted by Gasteiger charge is -2.26. The van der Waals surface area contributed by atoms with E-state index in [1.165, 1.54) is 34.2 Å². The van der Waals surface area contributed by atoms with Crippen molar-refractivity contribution in [2.75, 3.05) is 4.90 Å². The van der Waals surface area contributed by atoms with Gasteiger partial charge in [0.2, 0.25) is 5.89 Å². The predicted molar refractivity (Wildman–Crippen MR) is 190 cm³/mol. The number of hydrogen-bond donors (Lipinski definition) is 0. The van der Waals surface area contributed by atoms with Crippen LogP contribution in [-0.2, 0) is 0 Å². The van der Waals surface area contributed by atoms with Crippen molar-refractivity contribution < 1.29 is 4.42 Å². The van der Waals surface area contributed by atoms with Gasteiger partial charge in [0.05, 0.1) is 57.8 Å². The van der Waals surface area contributed by atoms with Crippen LogP contribution >= 0.6 is 35.2 Å². The van der Waals surface area contributed by atoms with Crippen molar-refractivity contribution in [3.63, 3.8) is 0 Å². The minimum absolute atomic E-state index is 0.499. The Morgan fingerprint density at radius 2 is 1.11 bits per heavy atom. The molecule has 0 aliphatic carbocycles. The van der Waals surface area contributed by atoms with E-state index in [9.17, 15) is 0 Å². The van der Waals surface area contributed by atoms with Gasteiger partial charge in [-0.15, -0.1) is 0 Å². The molecule has 10 rings (SSSR count). The molecule has 0 amide bonds. The lowest BCUT2D eigenvalue weighted by atomic mass is 9.99. The van der Waals surface area contributed by atoms with E-state index in [4.69, 9.17) is 31.3 Å². The van der Waals surface area contributed by atoms with Crippen LogP contribution in [0, 0.1) is 0 Å². The topological polar surface area (TPSA) is 107 Å². The monoisotopic (exact) mass is 662 g/mol. The van der Waals surface area contributed by atoms with Crippen LogP contribution in [0.3, 0.4) is 0 Å². The Bertz CT molecular complexity index is 2770. The normalized spacial score (nSPS) is 11.8. The number of anilines is 3. The summed E-state index contributed by atoms with van der Waals surface area (Å²) in [7, 11) is 0. The number of aromatic nitrogens is 7. The third-order valence-corrected chi connectivity index (χ3v) is 9.96. The van der Waals surface area contributed by atoms with Crippen LogP contribution in [0.2, 0.25) is 0 Å². The van der Waals surface area contributed by atoms with E-state index in [0.717, 1.165) is 78.6 Å². The first kappa shape index (κ1) is 26.5. The first-order valence-corrected chi connectivity index (χ1v) is 16.9. The fourth-order valence-corrected chi connectivity index (χ4v) is 7.86. The zero-order valence-corrected chi connectivity index (χ0v) is 26.6. The largest absolute Gasteiger partial charge is 0.436 e. The summed E-state index contributed by atoms with van der Waals surface area (Å²) in [5, 5.41) is 2.37. The van der Waals surface area contributed by atoms with Crippen LogP contribution < -0.4 is 4.90 Å². The standard InChI is InChI=1S/C35H18N8OS3/c1-2-7-20-18-21(13-12-19(20)6-1)22-14-16-27(33-30(22)38-46-41-33)43(26-10-5-9-25-32(26)40-45-37-25)28-17-15-23(31-34(28)42-47-39-31)35-36-24-8-3-4-11-29(24)44-35/h1-18H. The number of oxazole rings is 1. The molecule has 0 aliphatic heterocycles. The molecular weight excluding hydrogens is 645 g/mol. The van der Waals surface area contributed by atoms with Crippen molar-refractivity contribution in [3.8, 4) is 22.6 Å². The maximum atomic E-state index is 6.16. The Morgan fingerprint density at radius 3 is 1.94 bits per heavy atom. The van der Waals surface area contributed by atoms with Crippen molar-refractivity contribution in [2.24, 2.45) is 0 Å². The molecule has 9 nitrogen and oxygen atoms in total. The zero-order chi connectivity index (χ0) is 30.9. The lowest BCUT2D eigenvalue weighted by Crippen LogP contribution is -2.12. The van der Waals surface area contributed by atoms with Gasteiger partial charge in [0.15, 0.2) is 5.58 Å². The summed E-state index contributed by atoms with van der Waals surface area (Å²) >= 11 is 3.54. The van der Waals surface area contributed by atoms with Gasteiger partial charge in [-0.05, 0) is 70.9 Å². The van der Waals surface area contributed by atoms with Crippen molar-refractivity contribution in [2.45, 2.75) is 0 Å². The molecule has 0 spiro atoms. The highest BCUT2D eigenvalue weighted by Crippen LogP contribution is 2.46. The molecule has 222 valence electrons. The Hall–Kier alpha value is -5.69. The Balaban J connectivity index is 1.20. The van der Waals surface area contributed by atoms with Gasteiger partial charge in [-0.3, -0.25) is 0 Å². The van der Waals surface area contributed by atoms with E-state index in [0.29, 0.717) is 16.9 Å². The van der Waals surface area contributed by atoms with Crippen LogP contribution in [0.15, 0.2) is 114 Å². The third kappa shape index (κ3) is 4.16. The smallest absolute Gasteiger partial charge is 0.229 e. The molecule has 0 atom stereocenters. The van der Waals surface area contributed by atoms with E-state index < -0.39 is 0 Å². The van der Waals surface area contributed by atoms with Crippen LogP contribution in [0.5, 0.6) is 0 Å². The van der Waals surface area contributed by atoms with Gasteiger partial charge in [-0.25, -0.2) is 4.98 Å². The number of para-hydroxylation sites is 2. The second-order valence-electron chi connectivity index (χ2n) is 11.0. The quantitative estimate of drug-likeness (QED) is 0.178. The van der Waals surface area contributed by atoms with Crippen LogP contribution in [0.25, 0.3) is 77.6 Å². The van der Waals surface area contributed by atoms with Crippen molar-refractivity contribution in [3.05, 3.63) is 109 Å². The summed E-state index contributed by atoms with van der Waals surface area (Å²) in [5.41, 5.74) is 11.5. The molecular formula is C35H18N8OS3. The van der Waals surface area contributed by atoms with E-state index in [2.05, 4.69) is 63.9 Å². The van der Waals surface area contributed by atoms with Gasteiger partial charge < -0.3 is 9.32 Å². The number of nitrogens with zero attached hydrogens (tertiary/aromatic N) is 8. The fourth-order valence-electron chi connectivity index (χ4n) is 6.18. The molecule has 0 unspecified atom stereocenters. The molecule has 0 fully saturated rings. The average Bonchev–Trinajstić information content (AvgIpc) is 3.94. The summed E-state index contributed by atoms with van der Waals surface area (Å²) in [6.07, 6.45) is 0. The lowest BCUT2D eigenvalue weighted by molar-refractivity contribution is 0.620. The van der Waals surface area contributed by atoms with Gasteiger partial charge in [0.1, 0.15) is 38.6 Å². The van der Waals surface area contributed by atoms with E-state index in [1.54, 1.807) is 0 Å². The molecule has 0 bridgehead atoms. The highest BCUT2D eigenvalue weighted by atomic mass is 32.1. The van der Waals surface area contributed by atoms with Gasteiger partial charge in [0.25, 0.3) is 0 Å². The number of fused-ring (bicyclic) bond motifs is 5. The first-order chi connectivity index (χ1) is 23.3. The number of hydrogen-bond acceptors (Lipinski definition) is 12. The summed E-state index contributed by atoms with van der Waals surface area (Å²) in [4.78, 5) is 6.90. The van der Waals surface area contributed by atoms with Gasteiger partial charge in [-0.1, -0.05) is 54.6 Å². The summed E-state index contributed by atoms with van der Waals surface area (Å²) < 4.78 is 34.6. The van der Waals surface area contributed by atoms with Crippen molar-refractivity contribution in [1.29, 1.82) is 0 Å². The molecule has 0 saturated heterocycles. The Morgan fingerprint density at radius 1 is 0.468 bits per heavy atom. The second kappa shape index (κ2) is 10.4. The molecule has 12 heteroatoms. The third-order valence-electron chi connectivity index (χ3n) is 8.36. The molecule has 10 aromatic rings. The van der Waals surface area contributed by atoms with Crippen LogP contribution in [0.4, 0.5) is 17.1 Å². The van der Waals surface area contributed by atoms with E-state index in [1.807, 2.05) is 54.6 Å². The minimum Gasteiger partial charge on any atom is -0.436 e. The Labute approximate surface area is 278 Å². The predicted octanol–water partition coefficient (Wildman–Crippen LogP) is 9.80. The highest BCUT2D eigenvalue weighted by Gasteiger charge is 2.26. The molecule has 0 N–H and O–H groups in total. The molecule has 4 heterocycles. The first-order valence-electron chi connectivity index (χ1n) is 14.7.